The van der Waals surface area contributed by atoms with Crippen molar-refractivity contribution in [3.8, 4) is 0 Å². The quantitative estimate of drug-likeness (QED) is 0.552. The van der Waals surface area contributed by atoms with Gasteiger partial charge in [0.1, 0.15) is 0 Å². The Bertz CT molecular complexity index is 805. The van der Waals surface area contributed by atoms with Crippen molar-refractivity contribution in [1.82, 2.24) is 0 Å². The van der Waals surface area contributed by atoms with Crippen molar-refractivity contribution in [2.45, 2.75) is 6.16 Å². The standard InChI is InChI=1S/C15H13O3P/c16-19(17,18)10-12-9-11-5-1-2-6-13(11)15-8-4-3-7-14(12)15/h1-9H,10H2,(H2,16,17,18). The molecule has 0 fully saturated rings. The Labute approximate surface area is 110 Å². The monoisotopic (exact) mass is 272 g/mol. The fraction of sp³-hybridized carbons (Fsp3) is 0.0667. The minimum absolute atomic E-state index is 0.224. The molecule has 19 heavy (non-hydrogen) atoms. The molecular weight excluding hydrogens is 259 g/mol. The van der Waals surface area contributed by atoms with Crippen LogP contribution in [-0.2, 0) is 10.7 Å². The van der Waals surface area contributed by atoms with E-state index in [4.69, 9.17) is 0 Å². The van der Waals surface area contributed by atoms with Gasteiger partial charge in [0, 0.05) is 0 Å². The molecule has 0 atom stereocenters. The maximum Gasteiger partial charge on any atom is 0.329 e. The molecule has 3 aromatic carbocycles. The van der Waals surface area contributed by atoms with Gasteiger partial charge >= 0.3 is 7.60 Å². The van der Waals surface area contributed by atoms with E-state index in [9.17, 15) is 14.4 Å². The Hall–Kier alpha value is -1.67. The van der Waals surface area contributed by atoms with E-state index in [-0.39, 0.29) is 6.16 Å². The Kier molecular flexibility index (Phi) is 2.90. The first-order valence-corrected chi connectivity index (χ1v) is 7.78. The normalized spacial score (nSPS) is 12.1. The molecule has 96 valence electrons. The molecule has 0 bridgehead atoms. The predicted octanol–water partition coefficient (Wildman–Crippen LogP) is 3.67. The molecule has 0 amide bonds. The van der Waals surface area contributed by atoms with Crippen LogP contribution in [0.2, 0.25) is 0 Å². The first-order valence-electron chi connectivity index (χ1n) is 5.98. The van der Waals surface area contributed by atoms with E-state index < -0.39 is 7.60 Å². The van der Waals surface area contributed by atoms with Crippen LogP contribution in [0.15, 0.2) is 54.6 Å². The second-order valence-corrected chi connectivity index (χ2v) is 6.27. The lowest BCUT2D eigenvalue weighted by molar-refractivity contribution is 0.372. The molecule has 0 aromatic heterocycles. The smallest absolute Gasteiger partial charge is 0.324 e. The van der Waals surface area contributed by atoms with Crippen molar-refractivity contribution in [3.63, 3.8) is 0 Å². The van der Waals surface area contributed by atoms with Crippen LogP contribution in [-0.4, -0.2) is 9.79 Å². The van der Waals surface area contributed by atoms with Gasteiger partial charge in [0.2, 0.25) is 0 Å². The summed E-state index contributed by atoms with van der Waals surface area (Å²) in [6.45, 7) is 0. The topological polar surface area (TPSA) is 57.5 Å². The highest BCUT2D eigenvalue weighted by Crippen LogP contribution is 2.42. The van der Waals surface area contributed by atoms with Gasteiger partial charge in [-0.3, -0.25) is 4.57 Å². The summed E-state index contributed by atoms with van der Waals surface area (Å²) < 4.78 is 11.3. The molecule has 2 N–H and O–H groups in total. The third-order valence-electron chi connectivity index (χ3n) is 3.23. The van der Waals surface area contributed by atoms with Crippen LogP contribution < -0.4 is 0 Å². The van der Waals surface area contributed by atoms with Crippen molar-refractivity contribution in [1.29, 1.82) is 0 Å². The molecule has 0 saturated carbocycles. The van der Waals surface area contributed by atoms with Crippen LogP contribution in [0.5, 0.6) is 0 Å². The number of fused-ring (bicyclic) bond motifs is 3. The zero-order chi connectivity index (χ0) is 13.5. The fourth-order valence-corrected chi connectivity index (χ4v) is 3.19. The van der Waals surface area contributed by atoms with E-state index >= 15 is 0 Å². The van der Waals surface area contributed by atoms with Crippen molar-refractivity contribution < 1.29 is 14.4 Å². The summed E-state index contributed by atoms with van der Waals surface area (Å²) in [5.74, 6) is 0. The van der Waals surface area contributed by atoms with E-state index in [1.54, 1.807) is 0 Å². The largest absolute Gasteiger partial charge is 0.329 e. The van der Waals surface area contributed by atoms with Crippen molar-refractivity contribution in [3.05, 3.63) is 60.2 Å². The first-order chi connectivity index (χ1) is 9.04. The van der Waals surface area contributed by atoms with E-state index in [2.05, 4.69) is 0 Å². The minimum atomic E-state index is -4.07. The third-order valence-corrected chi connectivity index (χ3v) is 3.98. The number of benzene rings is 3. The van der Waals surface area contributed by atoms with E-state index in [1.165, 1.54) is 0 Å². The summed E-state index contributed by atoms with van der Waals surface area (Å²) in [5.41, 5.74) is 0.697. The molecular formula is C15H13O3P. The summed E-state index contributed by atoms with van der Waals surface area (Å²) in [7, 11) is -4.07. The fourth-order valence-electron chi connectivity index (χ4n) is 2.48. The van der Waals surface area contributed by atoms with Gasteiger partial charge < -0.3 is 9.79 Å². The van der Waals surface area contributed by atoms with Crippen LogP contribution in [0.25, 0.3) is 21.5 Å². The van der Waals surface area contributed by atoms with Gasteiger partial charge in [0.05, 0.1) is 6.16 Å². The lowest BCUT2D eigenvalue weighted by Crippen LogP contribution is -1.90. The molecule has 0 aliphatic rings. The lowest BCUT2D eigenvalue weighted by Gasteiger charge is -2.11. The Balaban J connectivity index is 2.39. The highest BCUT2D eigenvalue weighted by atomic mass is 31.2. The predicted molar refractivity (Wildman–Crippen MR) is 77.2 cm³/mol. The maximum atomic E-state index is 11.3. The van der Waals surface area contributed by atoms with Crippen molar-refractivity contribution in [2.75, 3.05) is 0 Å². The molecule has 3 nitrogen and oxygen atoms in total. The highest BCUT2D eigenvalue weighted by Gasteiger charge is 2.16. The van der Waals surface area contributed by atoms with Gasteiger partial charge in [0.25, 0.3) is 0 Å². The third kappa shape index (κ3) is 2.41. The molecule has 0 aliphatic heterocycles. The van der Waals surface area contributed by atoms with Gasteiger partial charge in [0.15, 0.2) is 0 Å². The Morgan fingerprint density at radius 1 is 0.842 bits per heavy atom. The Morgan fingerprint density at radius 2 is 1.42 bits per heavy atom. The second-order valence-electron chi connectivity index (χ2n) is 4.63. The maximum absolute atomic E-state index is 11.3. The molecule has 3 aromatic rings. The average Bonchev–Trinajstić information content (AvgIpc) is 2.37. The van der Waals surface area contributed by atoms with E-state index in [0.717, 1.165) is 21.5 Å². The van der Waals surface area contributed by atoms with Gasteiger partial charge in [-0.05, 0) is 33.2 Å². The van der Waals surface area contributed by atoms with Crippen LogP contribution >= 0.6 is 7.60 Å². The van der Waals surface area contributed by atoms with Gasteiger partial charge in [-0.15, -0.1) is 0 Å². The van der Waals surface area contributed by atoms with E-state index in [1.807, 2.05) is 54.6 Å². The second kappa shape index (κ2) is 4.46. The number of hydrogen-bond acceptors (Lipinski definition) is 1. The lowest BCUT2D eigenvalue weighted by atomic mass is 9.98. The van der Waals surface area contributed by atoms with E-state index in [0.29, 0.717) is 5.56 Å². The highest BCUT2D eigenvalue weighted by molar-refractivity contribution is 7.50. The summed E-state index contributed by atoms with van der Waals surface area (Å²) in [4.78, 5) is 18.4. The summed E-state index contributed by atoms with van der Waals surface area (Å²) in [6.07, 6.45) is -0.224. The molecule has 0 aliphatic carbocycles. The van der Waals surface area contributed by atoms with Gasteiger partial charge in [-0.25, -0.2) is 0 Å². The van der Waals surface area contributed by atoms with Gasteiger partial charge in [-0.2, -0.15) is 0 Å². The first kappa shape index (κ1) is 12.4. The SMILES string of the molecule is O=P(O)(O)Cc1cc2ccccc2c2ccccc12. The molecule has 4 heteroatoms. The molecule has 0 radical (unpaired) electrons. The van der Waals surface area contributed by atoms with Crippen LogP contribution in [0.3, 0.4) is 0 Å². The van der Waals surface area contributed by atoms with Crippen molar-refractivity contribution in [2.24, 2.45) is 0 Å². The van der Waals surface area contributed by atoms with Gasteiger partial charge in [-0.1, -0.05) is 48.5 Å². The summed E-state index contributed by atoms with van der Waals surface area (Å²) >= 11 is 0. The van der Waals surface area contributed by atoms with Crippen molar-refractivity contribution >= 4 is 29.1 Å². The molecule has 0 unspecified atom stereocenters. The molecule has 0 spiro atoms. The zero-order valence-corrected chi connectivity index (χ0v) is 11.0. The average molecular weight is 272 g/mol. The Morgan fingerprint density at radius 3 is 2.11 bits per heavy atom. The summed E-state index contributed by atoms with van der Waals surface area (Å²) in [6, 6.07) is 17.5. The number of hydrogen-bond donors (Lipinski definition) is 2. The summed E-state index contributed by atoms with van der Waals surface area (Å²) in [5, 5.41) is 4.05. The molecule has 0 saturated heterocycles. The van der Waals surface area contributed by atoms with Crippen LogP contribution in [0.4, 0.5) is 0 Å². The minimum Gasteiger partial charge on any atom is -0.324 e. The van der Waals surface area contributed by atoms with Crippen LogP contribution in [0, 0.1) is 0 Å². The van der Waals surface area contributed by atoms with Crippen LogP contribution in [0.1, 0.15) is 5.56 Å². The number of rotatable bonds is 2. The molecule has 0 heterocycles. The molecule has 3 rings (SSSR count). The zero-order valence-electron chi connectivity index (χ0n) is 10.2.